The minimum absolute atomic E-state index is 0.458. The van der Waals surface area contributed by atoms with Crippen molar-refractivity contribution in [3.63, 3.8) is 0 Å². The molecule has 2 aliphatic rings. The van der Waals surface area contributed by atoms with Gasteiger partial charge >= 0.3 is 0 Å². The average molecular weight is 681 g/mol. The van der Waals surface area contributed by atoms with E-state index in [0.29, 0.717) is 11.8 Å². The van der Waals surface area contributed by atoms with Crippen LogP contribution in [0.5, 0.6) is 11.5 Å². The van der Waals surface area contributed by atoms with E-state index >= 15 is 0 Å². The van der Waals surface area contributed by atoms with Crippen LogP contribution in [0.2, 0.25) is 0 Å². The Bertz CT molecular complexity index is 1710. The molecule has 0 fully saturated rings. The van der Waals surface area contributed by atoms with Gasteiger partial charge in [-0.3, -0.25) is 0 Å². The van der Waals surface area contributed by atoms with Gasteiger partial charge in [-0.1, -0.05) is 142 Å². The topological polar surface area (TPSA) is 18.5 Å². The molecule has 4 aromatic rings. The van der Waals surface area contributed by atoms with Crippen LogP contribution in [0.4, 0.5) is 0 Å². The van der Waals surface area contributed by atoms with E-state index in [4.69, 9.17) is 9.47 Å². The molecule has 0 saturated heterocycles. The molecule has 51 heavy (non-hydrogen) atoms. The summed E-state index contributed by atoms with van der Waals surface area (Å²) < 4.78 is 13.0. The molecule has 0 aliphatic heterocycles. The van der Waals surface area contributed by atoms with Gasteiger partial charge in [-0.25, -0.2) is 0 Å². The molecule has 2 atom stereocenters. The molecule has 1 spiro atoms. The molecule has 0 bridgehead atoms. The summed E-state index contributed by atoms with van der Waals surface area (Å²) in [7, 11) is 0. The molecule has 2 nitrogen and oxygen atoms in total. The second-order valence-electron chi connectivity index (χ2n) is 16.3. The van der Waals surface area contributed by atoms with Crippen LogP contribution < -0.4 is 9.47 Å². The summed E-state index contributed by atoms with van der Waals surface area (Å²) in [5.41, 5.74) is 12.0. The maximum Gasteiger partial charge on any atom is 0.119 e. The van der Waals surface area contributed by atoms with Crippen LogP contribution in [0.15, 0.2) is 86.0 Å². The molecule has 0 aromatic heterocycles. The first-order valence-corrected chi connectivity index (χ1v) is 19.7. The zero-order valence-electron chi connectivity index (χ0n) is 32.2. The van der Waals surface area contributed by atoms with Crippen molar-refractivity contribution in [3.8, 4) is 33.8 Å². The zero-order valence-corrected chi connectivity index (χ0v) is 32.2. The van der Waals surface area contributed by atoms with Crippen molar-refractivity contribution >= 4 is 12.2 Å². The largest absolute Gasteiger partial charge is 0.494 e. The predicted octanol–water partition coefficient (Wildman–Crippen LogP) is 13.8. The van der Waals surface area contributed by atoms with E-state index in [9.17, 15) is 0 Å². The van der Waals surface area contributed by atoms with Gasteiger partial charge in [-0.15, -0.1) is 0 Å². The molecule has 2 heteroatoms. The van der Waals surface area contributed by atoms with E-state index < -0.39 is 5.41 Å². The van der Waals surface area contributed by atoms with E-state index in [1.165, 1.54) is 83.0 Å². The van der Waals surface area contributed by atoms with Crippen LogP contribution in [-0.2, 0) is 5.41 Å². The van der Waals surface area contributed by atoms with E-state index in [-0.39, 0.29) is 0 Å². The van der Waals surface area contributed by atoms with Crippen LogP contribution in [0.25, 0.3) is 34.4 Å². The highest BCUT2D eigenvalue weighted by Gasteiger charge is 2.52. The Morgan fingerprint density at radius 1 is 0.490 bits per heavy atom. The lowest BCUT2D eigenvalue weighted by atomic mass is 9.70. The number of hydrogen-bond acceptors (Lipinski definition) is 2. The van der Waals surface area contributed by atoms with Crippen LogP contribution in [0.1, 0.15) is 126 Å². The average Bonchev–Trinajstić information content (AvgIpc) is 3.56. The molecular formula is C49H60O2. The minimum atomic E-state index is -0.458. The second kappa shape index (κ2) is 16.1. The molecule has 0 heterocycles. The van der Waals surface area contributed by atoms with Gasteiger partial charge in [0.15, 0.2) is 0 Å². The molecule has 2 unspecified atom stereocenters. The summed E-state index contributed by atoms with van der Waals surface area (Å²) in [6.45, 7) is 23.7. The fourth-order valence-corrected chi connectivity index (χ4v) is 8.46. The van der Waals surface area contributed by atoms with Crippen molar-refractivity contribution in [2.45, 2.75) is 98.3 Å². The van der Waals surface area contributed by atoms with Gasteiger partial charge in [0.05, 0.1) is 18.6 Å². The third-order valence-corrected chi connectivity index (χ3v) is 11.5. The Kier molecular flexibility index (Phi) is 11.6. The van der Waals surface area contributed by atoms with Crippen LogP contribution in [0.3, 0.4) is 0 Å². The lowest BCUT2D eigenvalue weighted by Gasteiger charge is -2.31. The summed E-state index contributed by atoms with van der Waals surface area (Å²) in [4.78, 5) is 0. The lowest BCUT2D eigenvalue weighted by Crippen LogP contribution is -2.26. The third kappa shape index (κ3) is 7.62. The van der Waals surface area contributed by atoms with Crippen LogP contribution in [-0.4, -0.2) is 13.2 Å². The maximum atomic E-state index is 6.52. The second-order valence-corrected chi connectivity index (χ2v) is 16.3. The van der Waals surface area contributed by atoms with Crippen LogP contribution in [0, 0.1) is 23.7 Å². The molecule has 6 rings (SSSR count). The third-order valence-electron chi connectivity index (χ3n) is 11.5. The van der Waals surface area contributed by atoms with Crippen molar-refractivity contribution in [1.82, 2.24) is 0 Å². The summed E-state index contributed by atoms with van der Waals surface area (Å²) in [6, 6.07) is 27.3. The van der Waals surface area contributed by atoms with Gasteiger partial charge in [-0.05, 0) is 129 Å². The summed E-state index contributed by atoms with van der Waals surface area (Å²) in [6.07, 6.45) is 13.8. The molecule has 0 N–H and O–H groups in total. The summed E-state index contributed by atoms with van der Waals surface area (Å²) in [5, 5.41) is 0. The molecule has 0 amide bonds. The van der Waals surface area contributed by atoms with E-state index in [1.807, 2.05) is 12.2 Å². The van der Waals surface area contributed by atoms with Crippen molar-refractivity contribution in [2.24, 2.45) is 23.7 Å². The molecule has 0 radical (unpaired) electrons. The first kappa shape index (κ1) is 36.7. The van der Waals surface area contributed by atoms with E-state index in [0.717, 1.165) is 60.5 Å². The first-order chi connectivity index (χ1) is 24.6. The Morgan fingerprint density at radius 2 is 0.922 bits per heavy atom. The zero-order chi connectivity index (χ0) is 36.1. The summed E-state index contributed by atoms with van der Waals surface area (Å²) in [5.74, 6) is 4.72. The van der Waals surface area contributed by atoms with Gasteiger partial charge in [0.1, 0.15) is 11.5 Å². The Labute approximate surface area is 309 Å². The monoisotopic (exact) mass is 680 g/mol. The Hall–Kier alpha value is -4.04. The number of ether oxygens (including phenoxy) is 2. The highest BCUT2D eigenvalue weighted by Crippen LogP contribution is 2.63. The fraction of sp³-hybridized carbons (Fsp3) is 0.429. The number of hydrogen-bond donors (Lipinski definition) is 0. The van der Waals surface area contributed by atoms with Crippen molar-refractivity contribution in [3.05, 3.63) is 119 Å². The molecule has 2 aliphatic carbocycles. The molecular weight excluding hydrogens is 621 g/mol. The molecule has 4 aromatic carbocycles. The highest BCUT2D eigenvalue weighted by molar-refractivity contribution is 5.96. The number of fused-ring (bicyclic) bond motifs is 10. The molecule has 268 valence electrons. The highest BCUT2D eigenvalue weighted by atomic mass is 16.5. The summed E-state index contributed by atoms with van der Waals surface area (Å²) >= 11 is 0. The SMILES string of the molecule is C=Cc1ccc2c(c1)C1(c3ccc(OCCC(C)CCCC(C)C)cc3-c3cc(OCCC(C)CCCC(C)C)ccc31)c1cc(C=C)ccc1-2. The quantitative estimate of drug-likeness (QED) is 0.0899. The van der Waals surface area contributed by atoms with Crippen molar-refractivity contribution in [2.75, 3.05) is 13.2 Å². The normalized spacial score (nSPS) is 14.6. The Morgan fingerprint density at radius 3 is 1.31 bits per heavy atom. The lowest BCUT2D eigenvalue weighted by molar-refractivity contribution is 0.275. The van der Waals surface area contributed by atoms with Crippen molar-refractivity contribution < 1.29 is 9.47 Å². The first-order valence-electron chi connectivity index (χ1n) is 19.7. The van der Waals surface area contributed by atoms with Gasteiger partial charge < -0.3 is 9.47 Å². The Balaban J connectivity index is 1.36. The predicted molar refractivity (Wildman–Crippen MR) is 219 cm³/mol. The smallest absolute Gasteiger partial charge is 0.119 e. The van der Waals surface area contributed by atoms with Gasteiger partial charge in [0.25, 0.3) is 0 Å². The van der Waals surface area contributed by atoms with E-state index in [1.54, 1.807) is 0 Å². The van der Waals surface area contributed by atoms with E-state index in [2.05, 4.69) is 127 Å². The maximum absolute atomic E-state index is 6.52. The number of benzene rings is 4. The van der Waals surface area contributed by atoms with Gasteiger partial charge in [0, 0.05) is 0 Å². The van der Waals surface area contributed by atoms with Gasteiger partial charge in [-0.2, -0.15) is 0 Å². The van der Waals surface area contributed by atoms with Gasteiger partial charge in [0.2, 0.25) is 0 Å². The van der Waals surface area contributed by atoms with Crippen LogP contribution >= 0.6 is 0 Å². The number of rotatable bonds is 18. The minimum Gasteiger partial charge on any atom is -0.494 e. The fourth-order valence-electron chi connectivity index (χ4n) is 8.46. The van der Waals surface area contributed by atoms with Crippen molar-refractivity contribution in [1.29, 1.82) is 0 Å². The standard InChI is InChI=1S/C49H60O2/c1-9-37-17-21-41-42-22-18-38(10-2)30-48(42)49(47(41)29-37)45-23-19-39(50-27-25-35(7)15-11-13-33(3)4)31-43(45)44-32-40(20-24-46(44)49)51-28-26-36(8)16-12-14-34(5)6/h9-10,17-24,29-36H,1-2,11-16,25-28H2,3-8H3. The molecule has 0 saturated carbocycles.